The van der Waals surface area contributed by atoms with Gasteiger partial charge in [-0.3, -0.25) is 13.8 Å². The molecular formula is C33H34N8O3. The van der Waals surface area contributed by atoms with Gasteiger partial charge >= 0.3 is 11.7 Å². The molecule has 3 atom stereocenters. The molecule has 0 radical (unpaired) electrons. The van der Waals surface area contributed by atoms with Crippen molar-refractivity contribution in [1.29, 1.82) is 0 Å². The summed E-state index contributed by atoms with van der Waals surface area (Å²) in [7, 11) is 7.10. The zero-order valence-corrected chi connectivity index (χ0v) is 25.2. The molecule has 4 aromatic heterocycles. The maximum Gasteiger partial charge on any atom is 0.329 e. The first-order valence-electron chi connectivity index (χ1n) is 15.0. The first-order valence-corrected chi connectivity index (χ1v) is 15.0. The molecule has 2 N–H and O–H groups in total. The van der Waals surface area contributed by atoms with Gasteiger partial charge < -0.3 is 19.9 Å². The number of piperidine rings is 2. The van der Waals surface area contributed by atoms with E-state index >= 15 is 0 Å². The van der Waals surface area contributed by atoms with E-state index < -0.39 is 0 Å². The third-order valence-electron chi connectivity index (χ3n) is 9.89. The molecule has 2 aliphatic heterocycles. The molecule has 2 amide bonds. The second-order valence-electron chi connectivity index (χ2n) is 12.1. The average Bonchev–Trinajstić information content (AvgIpc) is 3.71. The first kappa shape index (κ1) is 26.6. The number of H-pyrrole nitrogens is 1. The Bertz CT molecular complexity index is 2150. The van der Waals surface area contributed by atoms with Crippen molar-refractivity contribution >= 4 is 39.0 Å². The third kappa shape index (κ3) is 3.74. The molecule has 1 aliphatic carbocycles. The van der Waals surface area contributed by atoms with Gasteiger partial charge in [0.25, 0.3) is 0 Å². The number of urea groups is 1. The molecule has 2 unspecified atom stereocenters. The van der Waals surface area contributed by atoms with Gasteiger partial charge in [0.05, 0.1) is 47.1 Å². The van der Waals surface area contributed by atoms with Crippen LogP contribution in [-0.4, -0.2) is 66.6 Å². The number of aromatic amines is 1. The minimum atomic E-state index is -0.0563. The SMILES string of the molecule is CNC(=O)N1CC2CC[C@H]1CC2n1c(=O)n(C)c2cnc3[nH]c(-c4ccc(OC)cc4)c(-c4ccc5c(cnn5C)c4)c3c21. The highest BCUT2D eigenvalue weighted by Gasteiger charge is 2.44. The maximum absolute atomic E-state index is 14.1. The molecular weight excluding hydrogens is 556 g/mol. The number of carbonyl (C=O) groups excluding carboxylic acids is 1. The number of methoxy groups -OCH3 is 1. The van der Waals surface area contributed by atoms with Gasteiger partial charge in [0.2, 0.25) is 0 Å². The fraction of sp³-hybridized carbons (Fsp3) is 0.333. The van der Waals surface area contributed by atoms with Gasteiger partial charge in [0.15, 0.2) is 0 Å². The molecule has 44 heavy (non-hydrogen) atoms. The lowest BCUT2D eigenvalue weighted by molar-refractivity contribution is 0.0367. The number of benzene rings is 2. The summed E-state index contributed by atoms with van der Waals surface area (Å²) >= 11 is 0. The largest absolute Gasteiger partial charge is 0.497 e. The van der Waals surface area contributed by atoms with E-state index in [9.17, 15) is 9.59 Å². The molecule has 2 saturated heterocycles. The average molecular weight is 591 g/mol. The summed E-state index contributed by atoms with van der Waals surface area (Å²) < 4.78 is 11.0. The molecule has 1 saturated carbocycles. The lowest BCUT2D eigenvalue weighted by atomic mass is 9.76. The van der Waals surface area contributed by atoms with Crippen molar-refractivity contribution in [2.45, 2.75) is 31.3 Å². The highest BCUT2D eigenvalue weighted by atomic mass is 16.5. The Balaban J connectivity index is 1.41. The Morgan fingerprint density at radius 1 is 1.05 bits per heavy atom. The van der Waals surface area contributed by atoms with Crippen LogP contribution in [0.2, 0.25) is 0 Å². The molecule has 0 spiro atoms. The topological polar surface area (TPSA) is 115 Å². The van der Waals surface area contributed by atoms with Gasteiger partial charge in [-0.05, 0) is 72.7 Å². The summed E-state index contributed by atoms with van der Waals surface area (Å²) in [5.41, 5.74) is 7.28. The summed E-state index contributed by atoms with van der Waals surface area (Å²) in [5, 5.41) is 9.21. The number of aryl methyl sites for hydroxylation is 2. The van der Waals surface area contributed by atoms with E-state index in [-0.39, 0.29) is 29.7 Å². The number of aromatic nitrogens is 6. The number of amides is 2. The van der Waals surface area contributed by atoms with Crippen LogP contribution in [0.3, 0.4) is 0 Å². The smallest absolute Gasteiger partial charge is 0.329 e. The van der Waals surface area contributed by atoms with Crippen molar-refractivity contribution < 1.29 is 9.53 Å². The Labute approximate surface area is 253 Å². The molecule has 6 aromatic rings. The molecule has 2 aromatic carbocycles. The minimum absolute atomic E-state index is 0.0237. The Morgan fingerprint density at radius 2 is 1.84 bits per heavy atom. The number of nitrogens with zero attached hydrogens (tertiary/aromatic N) is 6. The lowest BCUT2D eigenvalue weighted by Gasteiger charge is -2.49. The fourth-order valence-corrected chi connectivity index (χ4v) is 7.66. The Hall–Kier alpha value is -5.06. The number of hydrogen-bond acceptors (Lipinski definition) is 5. The van der Waals surface area contributed by atoms with Crippen LogP contribution in [0.25, 0.3) is 55.4 Å². The summed E-state index contributed by atoms with van der Waals surface area (Å²) in [6.07, 6.45) is 6.36. The minimum Gasteiger partial charge on any atom is -0.497 e. The number of pyridine rings is 1. The highest BCUT2D eigenvalue weighted by Crippen LogP contribution is 2.46. The van der Waals surface area contributed by atoms with E-state index in [0.717, 1.165) is 80.4 Å². The molecule has 11 nitrogen and oxygen atoms in total. The van der Waals surface area contributed by atoms with Gasteiger partial charge in [-0.15, -0.1) is 0 Å². The van der Waals surface area contributed by atoms with Crippen molar-refractivity contribution in [3.63, 3.8) is 0 Å². The van der Waals surface area contributed by atoms with Crippen LogP contribution >= 0.6 is 0 Å². The Kier molecular flexibility index (Phi) is 5.87. The second-order valence-corrected chi connectivity index (χ2v) is 12.1. The molecule has 6 heterocycles. The zero-order chi connectivity index (χ0) is 30.3. The number of fused-ring (bicyclic) bond motifs is 7. The van der Waals surface area contributed by atoms with Crippen LogP contribution in [-0.2, 0) is 14.1 Å². The number of hydrogen-bond donors (Lipinski definition) is 2. The van der Waals surface area contributed by atoms with Crippen LogP contribution < -0.4 is 15.7 Å². The predicted molar refractivity (Wildman–Crippen MR) is 170 cm³/mol. The summed E-state index contributed by atoms with van der Waals surface area (Å²) in [5.74, 6) is 0.956. The van der Waals surface area contributed by atoms with Crippen molar-refractivity contribution in [3.8, 4) is 28.1 Å². The van der Waals surface area contributed by atoms with Crippen LogP contribution in [0.15, 0.2) is 59.7 Å². The van der Waals surface area contributed by atoms with Crippen LogP contribution in [0.4, 0.5) is 4.79 Å². The lowest BCUT2D eigenvalue weighted by Crippen LogP contribution is -2.57. The fourth-order valence-electron chi connectivity index (χ4n) is 7.66. The van der Waals surface area contributed by atoms with Crippen molar-refractivity contribution in [2.24, 2.45) is 20.0 Å². The van der Waals surface area contributed by atoms with E-state index in [2.05, 4.69) is 33.6 Å². The summed E-state index contributed by atoms with van der Waals surface area (Å²) in [6, 6.07) is 14.4. The molecule has 9 rings (SSSR count). The standard InChI is InChI=1S/C33H34N8O3/c1-34-32(42)40-17-20-5-9-22(40)14-25(20)41-30-26(38(2)33(41)43)16-35-31-28(30)27(19-8-12-24-21(13-19)15-36-39(24)3)29(37-31)18-6-10-23(44-4)11-7-18/h6-8,10-13,15-16,20,22,25H,5,9,14,17H2,1-4H3,(H,34,42)(H,35,37)/t20?,22-,25?/m0/s1. The zero-order valence-electron chi connectivity index (χ0n) is 25.2. The van der Waals surface area contributed by atoms with Gasteiger partial charge in [-0.2, -0.15) is 5.10 Å². The van der Waals surface area contributed by atoms with Crippen molar-refractivity contribution in [1.82, 2.24) is 39.1 Å². The van der Waals surface area contributed by atoms with Crippen LogP contribution in [0, 0.1) is 5.92 Å². The van der Waals surface area contributed by atoms with E-state index in [1.807, 2.05) is 58.7 Å². The first-order chi connectivity index (χ1) is 21.4. The molecule has 3 fully saturated rings. The van der Waals surface area contributed by atoms with Crippen molar-refractivity contribution in [2.75, 3.05) is 20.7 Å². The number of ether oxygens (including phenoxy) is 1. The third-order valence-corrected chi connectivity index (χ3v) is 9.89. The summed E-state index contributed by atoms with van der Waals surface area (Å²) in [6.45, 7) is 0.640. The van der Waals surface area contributed by atoms with Gasteiger partial charge in [-0.1, -0.05) is 6.07 Å². The predicted octanol–water partition coefficient (Wildman–Crippen LogP) is 4.81. The van der Waals surface area contributed by atoms with E-state index in [1.165, 1.54) is 0 Å². The highest BCUT2D eigenvalue weighted by molar-refractivity contribution is 6.14. The normalized spacial score (nSPS) is 19.8. The maximum atomic E-state index is 14.1. The van der Waals surface area contributed by atoms with E-state index in [0.29, 0.717) is 6.54 Å². The number of nitrogens with one attached hydrogen (secondary N) is 2. The van der Waals surface area contributed by atoms with E-state index in [4.69, 9.17) is 9.72 Å². The monoisotopic (exact) mass is 590 g/mol. The number of carbonyl (C=O) groups is 1. The molecule has 224 valence electrons. The van der Waals surface area contributed by atoms with Gasteiger partial charge in [0, 0.05) is 50.7 Å². The van der Waals surface area contributed by atoms with Crippen molar-refractivity contribution in [3.05, 3.63) is 65.3 Å². The quantitative estimate of drug-likeness (QED) is 0.306. The summed E-state index contributed by atoms with van der Waals surface area (Å²) in [4.78, 5) is 37.2. The molecule has 2 bridgehead atoms. The van der Waals surface area contributed by atoms with E-state index in [1.54, 1.807) is 24.9 Å². The van der Waals surface area contributed by atoms with Gasteiger partial charge in [-0.25, -0.2) is 14.6 Å². The van der Waals surface area contributed by atoms with Crippen LogP contribution in [0.1, 0.15) is 25.3 Å². The van der Waals surface area contributed by atoms with Crippen LogP contribution in [0.5, 0.6) is 5.75 Å². The number of imidazole rings is 1. The number of rotatable bonds is 4. The molecule has 3 aliphatic rings. The van der Waals surface area contributed by atoms with Gasteiger partial charge in [0.1, 0.15) is 11.4 Å². The molecule has 11 heteroatoms. The second kappa shape index (κ2) is 9.73. The Morgan fingerprint density at radius 3 is 2.57 bits per heavy atom.